The average Bonchev–Trinajstić information content (AvgIpc) is 2.75. The zero-order valence-corrected chi connectivity index (χ0v) is 10.5. The van der Waals surface area contributed by atoms with E-state index in [4.69, 9.17) is 0 Å². The highest BCUT2D eigenvalue weighted by molar-refractivity contribution is 6.23. The molecule has 0 amide bonds. The molecule has 1 N–H and O–H groups in total. The zero-order valence-electron chi connectivity index (χ0n) is 10.5. The van der Waals surface area contributed by atoms with E-state index in [0.29, 0.717) is 0 Å². The monoisotopic (exact) mass is 298 g/mol. The van der Waals surface area contributed by atoms with Crippen LogP contribution in [-0.4, -0.2) is 23.5 Å². The minimum absolute atomic E-state index is 0.143. The van der Waals surface area contributed by atoms with Crippen molar-refractivity contribution < 1.29 is 32.6 Å². The molecule has 4 nitrogen and oxygen atoms in total. The summed E-state index contributed by atoms with van der Waals surface area (Å²) < 4.78 is 42.0. The standard InChI is InChI=1S/C14H9F3O4/c15-14(16,17)9-3-1-2-8(6-9)4-5-10(18)12-11(19)7-21-13(12)20/h1-6,19H,7H2. The zero-order chi connectivity index (χ0) is 15.6. The number of alkyl halides is 3. The third-order valence-electron chi connectivity index (χ3n) is 2.72. The fourth-order valence-corrected chi connectivity index (χ4v) is 1.71. The average molecular weight is 298 g/mol. The summed E-state index contributed by atoms with van der Waals surface area (Å²) in [5, 5.41) is 9.31. The molecule has 21 heavy (non-hydrogen) atoms. The van der Waals surface area contributed by atoms with E-state index in [2.05, 4.69) is 4.74 Å². The first kappa shape index (κ1) is 14.8. The second kappa shape index (κ2) is 5.43. The third kappa shape index (κ3) is 3.31. The van der Waals surface area contributed by atoms with E-state index in [1.807, 2.05) is 0 Å². The molecule has 0 fully saturated rings. The van der Waals surface area contributed by atoms with Crippen molar-refractivity contribution in [3.63, 3.8) is 0 Å². The second-order valence-corrected chi connectivity index (χ2v) is 4.22. The van der Waals surface area contributed by atoms with Crippen molar-refractivity contribution in [1.29, 1.82) is 0 Å². The largest absolute Gasteiger partial charge is 0.508 e. The molecule has 0 bridgehead atoms. The van der Waals surface area contributed by atoms with Crippen molar-refractivity contribution >= 4 is 17.8 Å². The van der Waals surface area contributed by atoms with Gasteiger partial charge >= 0.3 is 12.1 Å². The quantitative estimate of drug-likeness (QED) is 0.529. The lowest BCUT2D eigenvalue weighted by atomic mass is 10.1. The van der Waals surface area contributed by atoms with Gasteiger partial charge in [0.2, 0.25) is 0 Å². The molecule has 1 aromatic carbocycles. The fourth-order valence-electron chi connectivity index (χ4n) is 1.71. The number of cyclic esters (lactones) is 1. The Hall–Kier alpha value is -2.57. The van der Waals surface area contributed by atoms with Crippen LogP contribution in [0.3, 0.4) is 0 Å². The lowest BCUT2D eigenvalue weighted by Gasteiger charge is -2.06. The molecule has 0 aromatic heterocycles. The normalized spacial score (nSPS) is 15.7. The molecule has 2 rings (SSSR count). The van der Waals surface area contributed by atoms with Crippen molar-refractivity contribution in [2.24, 2.45) is 0 Å². The molecule has 1 heterocycles. The molecule has 1 aliphatic heterocycles. The van der Waals surface area contributed by atoms with E-state index in [9.17, 15) is 27.9 Å². The first-order chi connectivity index (χ1) is 9.79. The first-order valence-electron chi connectivity index (χ1n) is 5.78. The minimum Gasteiger partial charge on any atom is -0.508 e. The highest BCUT2D eigenvalue weighted by Crippen LogP contribution is 2.29. The molecule has 0 radical (unpaired) electrons. The summed E-state index contributed by atoms with van der Waals surface area (Å²) in [6.45, 7) is -0.378. The molecule has 0 unspecified atom stereocenters. The van der Waals surface area contributed by atoms with Crippen molar-refractivity contribution in [2.75, 3.05) is 6.61 Å². The number of halogens is 3. The van der Waals surface area contributed by atoms with Crippen LogP contribution in [0.25, 0.3) is 6.08 Å². The molecule has 7 heteroatoms. The minimum atomic E-state index is -4.48. The molecule has 0 saturated carbocycles. The van der Waals surface area contributed by atoms with Crippen LogP contribution in [0.5, 0.6) is 0 Å². The van der Waals surface area contributed by atoms with Gasteiger partial charge in [-0.3, -0.25) is 4.79 Å². The first-order valence-corrected chi connectivity index (χ1v) is 5.78. The Kier molecular flexibility index (Phi) is 3.84. The van der Waals surface area contributed by atoms with E-state index in [1.54, 1.807) is 0 Å². The highest BCUT2D eigenvalue weighted by atomic mass is 19.4. The van der Waals surface area contributed by atoms with Crippen LogP contribution in [-0.2, 0) is 20.5 Å². The van der Waals surface area contributed by atoms with Crippen LogP contribution < -0.4 is 0 Å². The van der Waals surface area contributed by atoms with Crippen LogP contribution in [0, 0.1) is 0 Å². The van der Waals surface area contributed by atoms with Crippen LogP contribution in [0.15, 0.2) is 41.7 Å². The molecule has 1 aromatic rings. The van der Waals surface area contributed by atoms with Crippen LogP contribution in [0.1, 0.15) is 11.1 Å². The number of allylic oxidation sites excluding steroid dienone is 1. The highest BCUT2D eigenvalue weighted by Gasteiger charge is 2.31. The number of hydrogen-bond donors (Lipinski definition) is 1. The summed E-state index contributed by atoms with van der Waals surface area (Å²) in [4.78, 5) is 22.9. The molecular formula is C14H9F3O4. The smallest absolute Gasteiger partial charge is 0.416 e. The SMILES string of the molecule is O=C(C=Cc1cccc(C(F)(F)F)c1)C1=C(O)COC1=O. The van der Waals surface area contributed by atoms with Gasteiger partial charge < -0.3 is 9.84 Å². The van der Waals surface area contributed by atoms with Gasteiger partial charge in [0, 0.05) is 0 Å². The van der Waals surface area contributed by atoms with Crippen molar-refractivity contribution in [3.8, 4) is 0 Å². The summed E-state index contributed by atoms with van der Waals surface area (Å²) in [6.07, 6.45) is -2.44. The molecule has 0 saturated heterocycles. The summed E-state index contributed by atoms with van der Waals surface area (Å²) in [5.74, 6) is -2.27. The predicted molar refractivity (Wildman–Crippen MR) is 66.1 cm³/mol. The fraction of sp³-hybridized carbons (Fsp3) is 0.143. The van der Waals surface area contributed by atoms with Gasteiger partial charge in [-0.1, -0.05) is 18.2 Å². The molecular weight excluding hydrogens is 289 g/mol. The number of ketones is 1. The number of esters is 1. The van der Waals surface area contributed by atoms with E-state index in [-0.39, 0.29) is 12.2 Å². The van der Waals surface area contributed by atoms with Gasteiger partial charge in [-0.05, 0) is 23.8 Å². The third-order valence-corrected chi connectivity index (χ3v) is 2.72. The van der Waals surface area contributed by atoms with E-state index in [0.717, 1.165) is 24.3 Å². The maximum atomic E-state index is 12.5. The molecule has 1 aliphatic rings. The van der Waals surface area contributed by atoms with Crippen molar-refractivity contribution in [1.82, 2.24) is 0 Å². The van der Waals surface area contributed by atoms with E-state index >= 15 is 0 Å². The van der Waals surface area contributed by atoms with Crippen LogP contribution >= 0.6 is 0 Å². The molecule has 0 atom stereocenters. The summed E-state index contributed by atoms with van der Waals surface area (Å²) in [5.41, 5.74) is -1.21. The van der Waals surface area contributed by atoms with Gasteiger partial charge in [-0.25, -0.2) is 4.79 Å². The number of hydrogen-bond acceptors (Lipinski definition) is 4. The number of ether oxygens (including phenoxy) is 1. The van der Waals surface area contributed by atoms with Gasteiger partial charge in [0.25, 0.3) is 0 Å². The van der Waals surface area contributed by atoms with Crippen molar-refractivity contribution in [3.05, 3.63) is 52.8 Å². The van der Waals surface area contributed by atoms with Gasteiger partial charge in [-0.15, -0.1) is 0 Å². The summed E-state index contributed by atoms with van der Waals surface area (Å²) >= 11 is 0. The lowest BCUT2D eigenvalue weighted by molar-refractivity contribution is -0.138. The van der Waals surface area contributed by atoms with Gasteiger partial charge in [-0.2, -0.15) is 13.2 Å². The number of benzene rings is 1. The Morgan fingerprint density at radius 3 is 2.62 bits per heavy atom. The number of aliphatic hydroxyl groups is 1. The molecule has 110 valence electrons. The summed E-state index contributed by atoms with van der Waals surface area (Å²) in [7, 11) is 0. The topological polar surface area (TPSA) is 63.6 Å². The Bertz CT molecular complexity index is 656. The van der Waals surface area contributed by atoms with Crippen LogP contribution in [0.2, 0.25) is 0 Å². The lowest BCUT2D eigenvalue weighted by Crippen LogP contribution is -2.08. The number of rotatable bonds is 3. The Morgan fingerprint density at radius 2 is 2.05 bits per heavy atom. The second-order valence-electron chi connectivity index (χ2n) is 4.22. The number of aliphatic hydroxyl groups excluding tert-OH is 1. The maximum Gasteiger partial charge on any atom is 0.416 e. The van der Waals surface area contributed by atoms with Gasteiger partial charge in [0.1, 0.15) is 17.9 Å². The Balaban J connectivity index is 2.21. The predicted octanol–water partition coefficient (Wildman–Crippen LogP) is 2.66. The number of carbonyl (C=O) groups is 2. The van der Waals surface area contributed by atoms with Gasteiger partial charge in [0.15, 0.2) is 5.78 Å². The van der Waals surface area contributed by atoms with Crippen molar-refractivity contribution in [2.45, 2.75) is 6.18 Å². The van der Waals surface area contributed by atoms with E-state index < -0.39 is 34.8 Å². The maximum absolute atomic E-state index is 12.5. The molecule has 0 aliphatic carbocycles. The van der Waals surface area contributed by atoms with E-state index in [1.165, 1.54) is 12.1 Å². The molecule has 0 spiro atoms. The Morgan fingerprint density at radius 1 is 1.33 bits per heavy atom. The summed E-state index contributed by atoms with van der Waals surface area (Å²) in [6, 6.07) is 4.35. The Labute approximate surface area is 117 Å². The number of carbonyl (C=O) groups excluding carboxylic acids is 2. The van der Waals surface area contributed by atoms with Gasteiger partial charge in [0.05, 0.1) is 5.56 Å². The van der Waals surface area contributed by atoms with Crippen LogP contribution in [0.4, 0.5) is 13.2 Å².